The zero-order valence-corrected chi connectivity index (χ0v) is 14.9. The van der Waals surface area contributed by atoms with E-state index in [2.05, 4.69) is 44.8 Å². The van der Waals surface area contributed by atoms with Crippen molar-refractivity contribution >= 4 is 5.96 Å². The third kappa shape index (κ3) is 3.70. The van der Waals surface area contributed by atoms with E-state index in [0.29, 0.717) is 11.3 Å². The van der Waals surface area contributed by atoms with Crippen molar-refractivity contribution in [2.24, 2.45) is 16.3 Å². The number of nitrogens with zero attached hydrogens (tertiary/aromatic N) is 4. The molecule has 0 radical (unpaired) electrons. The molecule has 0 unspecified atom stereocenters. The van der Waals surface area contributed by atoms with E-state index in [1.54, 1.807) is 0 Å². The number of hydrogen-bond donors (Lipinski definition) is 1. The molecule has 1 aliphatic heterocycles. The van der Waals surface area contributed by atoms with Gasteiger partial charge in [-0.15, -0.1) is 0 Å². The molecule has 5 nitrogen and oxygen atoms in total. The molecular weight excluding hydrogens is 286 g/mol. The van der Waals surface area contributed by atoms with Crippen LogP contribution in [0.4, 0.5) is 0 Å². The Morgan fingerprint density at radius 2 is 2.13 bits per heavy atom. The van der Waals surface area contributed by atoms with Crippen LogP contribution in [0, 0.1) is 11.3 Å². The van der Waals surface area contributed by atoms with Crippen molar-refractivity contribution in [3.63, 3.8) is 0 Å². The molecule has 23 heavy (non-hydrogen) atoms. The molecule has 2 fully saturated rings. The van der Waals surface area contributed by atoms with Crippen molar-refractivity contribution in [2.45, 2.75) is 59.0 Å². The number of likely N-dealkylation sites (tertiary alicyclic amines) is 1. The summed E-state index contributed by atoms with van der Waals surface area (Å²) in [5.74, 6) is 2.76. The van der Waals surface area contributed by atoms with Crippen molar-refractivity contribution in [1.82, 2.24) is 19.8 Å². The van der Waals surface area contributed by atoms with Gasteiger partial charge >= 0.3 is 0 Å². The third-order valence-electron chi connectivity index (χ3n) is 5.38. The molecule has 1 saturated carbocycles. The molecule has 1 aliphatic carbocycles. The molecule has 1 N–H and O–H groups in total. The number of hydrogen-bond acceptors (Lipinski definition) is 2. The second kappa shape index (κ2) is 6.93. The van der Waals surface area contributed by atoms with E-state index < -0.39 is 0 Å². The zero-order chi connectivity index (χ0) is 16.3. The summed E-state index contributed by atoms with van der Waals surface area (Å²) in [6.45, 7) is 8.55. The minimum Gasteiger partial charge on any atom is -0.349 e. The summed E-state index contributed by atoms with van der Waals surface area (Å²) in [5, 5.41) is 3.53. The fraction of sp³-hybridized carbons (Fsp3) is 0.778. The standard InChI is InChI=1S/C18H31N5/c1-15(2)13-22-11-9-20-16(22)12-21-17(19-3)23-10-8-18(14-23)6-4-5-7-18/h9,11,15H,4-8,10,12-14H2,1-3H3,(H,19,21). The highest BCUT2D eigenvalue weighted by Crippen LogP contribution is 2.45. The van der Waals surface area contributed by atoms with Crippen molar-refractivity contribution < 1.29 is 0 Å². The molecule has 1 aromatic rings. The van der Waals surface area contributed by atoms with Gasteiger partial charge in [-0.3, -0.25) is 4.99 Å². The highest BCUT2D eigenvalue weighted by molar-refractivity contribution is 5.80. The molecule has 3 rings (SSSR count). The first-order chi connectivity index (χ1) is 11.1. The Balaban J connectivity index is 1.57. The lowest BCUT2D eigenvalue weighted by atomic mass is 9.86. The smallest absolute Gasteiger partial charge is 0.194 e. The van der Waals surface area contributed by atoms with Crippen molar-refractivity contribution in [3.8, 4) is 0 Å². The fourth-order valence-electron chi connectivity index (χ4n) is 4.21. The summed E-state index contributed by atoms with van der Waals surface area (Å²) in [5.41, 5.74) is 0.577. The Morgan fingerprint density at radius 1 is 1.35 bits per heavy atom. The predicted octanol–water partition coefficient (Wildman–Crippen LogP) is 2.88. The van der Waals surface area contributed by atoms with Gasteiger partial charge in [0.15, 0.2) is 5.96 Å². The average Bonchev–Trinajstić information content (AvgIpc) is 3.24. The number of nitrogens with one attached hydrogen (secondary N) is 1. The predicted molar refractivity (Wildman–Crippen MR) is 94.4 cm³/mol. The lowest BCUT2D eigenvalue weighted by Crippen LogP contribution is -2.41. The second-order valence-corrected chi connectivity index (χ2v) is 7.67. The van der Waals surface area contributed by atoms with Gasteiger partial charge in [0.25, 0.3) is 0 Å². The largest absolute Gasteiger partial charge is 0.349 e. The molecule has 128 valence electrons. The van der Waals surface area contributed by atoms with Crippen LogP contribution in [-0.4, -0.2) is 40.5 Å². The van der Waals surface area contributed by atoms with Gasteiger partial charge in [0.05, 0.1) is 6.54 Å². The molecule has 0 atom stereocenters. The van der Waals surface area contributed by atoms with Crippen LogP contribution in [0.2, 0.25) is 0 Å². The van der Waals surface area contributed by atoms with Gasteiger partial charge in [0.1, 0.15) is 5.82 Å². The first-order valence-electron chi connectivity index (χ1n) is 9.07. The number of rotatable bonds is 4. The first kappa shape index (κ1) is 16.3. The SMILES string of the molecule is CN=C(NCc1nccn1CC(C)C)N1CCC2(CCCC2)C1. The minimum absolute atomic E-state index is 0.577. The number of aromatic nitrogens is 2. The van der Waals surface area contributed by atoms with E-state index in [4.69, 9.17) is 0 Å². The Kier molecular flexibility index (Phi) is 4.93. The van der Waals surface area contributed by atoms with Crippen LogP contribution in [0.3, 0.4) is 0 Å². The topological polar surface area (TPSA) is 45.5 Å². The van der Waals surface area contributed by atoms with Crippen LogP contribution >= 0.6 is 0 Å². The van der Waals surface area contributed by atoms with Gasteiger partial charge in [-0.2, -0.15) is 0 Å². The molecule has 2 heterocycles. The number of guanidine groups is 1. The summed E-state index contributed by atoms with van der Waals surface area (Å²) in [6.07, 6.45) is 10.9. The Hall–Kier alpha value is -1.52. The van der Waals surface area contributed by atoms with Crippen LogP contribution in [0.5, 0.6) is 0 Å². The summed E-state index contributed by atoms with van der Waals surface area (Å²) in [7, 11) is 1.89. The lowest BCUT2D eigenvalue weighted by Gasteiger charge is -2.26. The monoisotopic (exact) mass is 317 g/mol. The van der Waals surface area contributed by atoms with Crippen molar-refractivity contribution in [2.75, 3.05) is 20.1 Å². The normalized spacial score (nSPS) is 20.9. The average molecular weight is 317 g/mol. The van der Waals surface area contributed by atoms with E-state index in [0.717, 1.165) is 31.4 Å². The van der Waals surface area contributed by atoms with Crippen molar-refractivity contribution in [3.05, 3.63) is 18.2 Å². The van der Waals surface area contributed by atoms with Crippen LogP contribution in [0.25, 0.3) is 0 Å². The number of imidazole rings is 1. The van der Waals surface area contributed by atoms with Crippen molar-refractivity contribution in [1.29, 1.82) is 0 Å². The lowest BCUT2D eigenvalue weighted by molar-refractivity contribution is 0.309. The molecule has 0 bridgehead atoms. The summed E-state index contributed by atoms with van der Waals surface area (Å²) >= 11 is 0. The third-order valence-corrected chi connectivity index (χ3v) is 5.38. The first-order valence-corrected chi connectivity index (χ1v) is 9.07. The van der Waals surface area contributed by atoms with Gasteiger partial charge in [-0.25, -0.2) is 4.98 Å². The van der Waals surface area contributed by atoms with E-state index in [9.17, 15) is 0 Å². The summed E-state index contributed by atoms with van der Waals surface area (Å²) in [4.78, 5) is 11.5. The highest BCUT2D eigenvalue weighted by atomic mass is 15.3. The maximum absolute atomic E-state index is 4.51. The second-order valence-electron chi connectivity index (χ2n) is 7.67. The maximum atomic E-state index is 4.51. The maximum Gasteiger partial charge on any atom is 0.194 e. The summed E-state index contributed by atoms with van der Waals surface area (Å²) in [6, 6.07) is 0. The molecule has 1 saturated heterocycles. The molecule has 1 aromatic heterocycles. The van der Waals surface area contributed by atoms with E-state index >= 15 is 0 Å². The fourth-order valence-corrected chi connectivity index (χ4v) is 4.21. The van der Waals surface area contributed by atoms with Gasteiger partial charge in [-0.1, -0.05) is 26.7 Å². The van der Waals surface area contributed by atoms with Crippen LogP contribution < -0.4 is 5.32 Å². The van der Waals surface area contributed by atoms with E-state index in [1.165, 1.54) is 38.6 Å². The molecule has 1 spiro atoms. The van der Waals surface area contributed by atoms with Gasteiger partial charge in [0.2, 0.25) is 0 Å². The molecule has 2 aliphatic rings. The van der Waals surface area contributed by atoms with E-state index in [-0.39, 0.29) is 0 Å². The van der Waals surface area contributed by atoms with E-state index in [1.807, 2.05) is 13.2 Å². The van der Waals surface area contributed by atoms with Crippen LogP contribution in [-0.2, 0) is 13.1 Å². The summed E-state index contributed by atoms with van der Waals surface area (Å²) < 4.78 is 2.24. The van der Waals surface area contributed by atoms with Gasteiger partial charge in [0, 0.05) is 39.1 Å². The molecule has 0 aromatic carbocycles. The Labute approximate surface area is 140 Å². The van der Waals surface area contributed by atoms with Crippen LogP contribution in [0.1, 0.15) is 51.8 Å². The minimum atomic E-state index is 0.577. The molecule has 5 heteroatoms. The zero-order valence-electron chi connectivity index (χ0n) is 14.9. The number of aliphatic imine (C=N–C) groups is 1. The Bertz CT molecular complexity index is 539. The highest BCUT2D eigenvalue weighted by Gasteiger charge is 2.41. The van der Waals surface area contributed by atoms with Gasteiger partial charge < -0.3 is 14.8 Å². The van der Waals surface area contributed by atoms with Gasteiger partial charge in [-0.05, 0) is 30.6 Å². The quantitative estimate of drug-likeness (QED) is 0.686. The Morgan fingerprint density at radius 3 is 2.83 bits per heavy atom. The molecule has 0 amide bonds. The molecular formula is C18H31N5. The van der Waals surface area contributed by atoms with Crippen LogP contribution in [0.15, 0.2) is 17.4 Å².